The van der Waals surface area contributed by atoms with E-state index in [2.05, 4.69) is 5.10 Å². The standard InChI is InChI=1S/C11H11Cl2N3O/c1-16-10(8(13)5-15-16)11(17)7-3-2-6(12)4-9(7)14/h2-5,11,17H,14H2,1H3. The summed E-state index contributed by atoms with van der Waals surface area (Å²) in [4.78, 5) is 0. The lowest BCUT2D eigenvalue weighted by Gasteiger charge is -2.14. The van der Waals surface area contributed by atoms with Crippen LogP contribution in [-0.2, 0) is 7.05 Å². The SMILES string of the molecule is Cn1ncc(Cl)c1C(O)c1ccc(Cl)cc1N. The number of anilines is 1. The Labute approximate surface area is 109 Å². The summed E-state index contributed by atoms with van der Waals surface area (Å²) >= 11 is 11.8. The Morgan fingerprint density at radius 1 is 1.41 bits per heavy atom. The molecule has 0 aliphatic carbocycles. The predicted octanol–water partition coefficient (Wildman–Crippen LogP) is 2.39. The van der Waals surface area contributed by atoms with E-state index < -0.39 is 6.10 Å². The number of nitrogens with zero attached hydrogens (tertiary/aromatic N) is 2. The summed E-state index contributed by atoms with van der Waals surface area (Å²) in [6.45, 7) is 0. The van der Waals surface area contributed by atoms with Crippen molar-refractivity contribution in [2.24, 2.45) is 7.05 Å². The first kappa shape index (κ1) is 12.2. The molecule has 4 nitrogen and oxygen atoms in total. The topological polar surface area (TPSA) is 64.1 Å². The summed E-state index contributed by atoms with van der Waals surface area (Å²) in [6.07, 6.45) is 0.555. The first-order valence-corrected chi connectivity index (χ1v) is 5.66. The van der Waals surface area contributed by atoms with Gasteiger partial charge >= 0.3 is 0 Å². The highest BCUT2D eigenvalue weighted by Crippen LogP contribution is 2.31. The molecule has 2 aromatic rings. The van der Waals surface area contributed by atoms with E-state index in [1.807, 2.05) is 0 Å². The van der Waals surface area contributed by atoms with Crippen molar-refractivity contribution in [1.82, 2.24) is 9.78 Å². The van der Waals surface area contributed by atoms with Gasteiger partial charge in [0, 0.05) is 23.3 Å². The molecule has 3 N–H and O–H groups in total. The van der Waals surface area contributed by atoms with E-state index in [0.717, 1.165) is 0 Å². The molecule has 90 valence electrons. The molecule has 0 bridgehead atoms. The summed E-state index contributed by atoms with van der Waals surface area (Å²) in [5.41, 5.74) is 7.29. The van der Waals surface area contributed by atoms with Crippen LogP contribution in [0, 0.1) is 0 Å². The fraction of sp³-hybridized carbons (Fsp3) is 0.182. The molecule has 1 aromatic carbocycles. The number of hydrogen-bond acceptors (Lipinski definition) is 3. The third-order valence-corrected chi connectivity index (χ3v) is 3.07. The van der Waals surface area contributed by atoms with Crippen molar-refractivity contribution in [1.29, 1.82) is 0 Å². The summed E-state index contributed by atoms with van der Waals surface area (Å²) < 4.78 is 1.51. The summed E-state index contributed by atoms with van der Waals surface area (Å²) in [5, 5.41) is 15.1. The smallest absolute Gasteiger partial charge is 0.124 e. The average molecular weight is 272 g/mol. The molecule has 0 saturated heterocycles. The van der Waals surface area contributed by atoms with E-state index in [0.29, 0.717) is 27.0 Å². The molecule has 0 saturated carbocycles. The van der Waals surface area contributed by atoms with Crippen molar-refractivity contribution in [3.8, 4) is 0 Å². The van der Waals surface area contributed by atoms with Gasteiger partial charge in [0.15, 0.2) is 0 Å². The van der Waals surface area contributed by atoms with Crippen LogP contribution in [0.3, 0.4) is 0 Å². The van der Waals surface area contributed by atoms with Crippen molar-refractivity contribution in [3.05, 3.63) is 45.7 Å². The summed E-state index contributed by atoms with van der Waals surface area (Å²) in [5.74, 6) is 0. The van der Waals surface area contributed by atoms with Crippen LogP contribution >= 0.6 is 23.2 Å². The minimum atomic E-state index is -0.924. The van der Waals surface area contributed by atoms with Gasteiger partial charge in [0.1, 0.15) is 6.10 Å². The fourth-order valence-electron chi connectivity index (χ4n) is 1.67. The predicted molar refractivity (Wildman–Crippen MR) is 68.1 cm³/mol. The fourth-order valence-corrected chi connectivity index (χ4v) is 2.12. The maximum Gasteiger partial charge on any atom is 0.124 e. The second kappa shape index (κ2) is 4.56. The molecule has 0 spiro atoms. The van der Waals surface area contributed by atoms with Gasteiger partial charge in [-0.2, -0.15) is 5.10 Å². The molecule has 1 atom stereocenters. The molecule has 6 heteroatoms. The zero-order chi connectivity index (χ0) is 12.6. The highest BCUT2D eigenvalue weighted by Gasteiger charge is 2.20. The molecule has 1 unspecified atom stereocenters. The van der Waals surface area contributed by atoms with E-state index in [4.69, 9.17) is 28.9 Å². The van der Waals surface area contributed by atoms with Gasteiger partial charge in [-0.05, 0) is 12.1 Å². The number of aryl methyl sites for hydroxylation is 1. The quantitative estimate of drug-likeness (QED) is 0.825. The normalized spacial score (nSPS) is 12.7. The number of hydrogen-bond donors (Lipinski definition) is 2. The van der Waals surface area contributed by atoms with Crippen molar-refractivity contribution in [3.63, 3.8) is 0 Å². The third kappa shape index (κ3) is 2.24. The number of benzene rings is 1. The van der Waals surface area contributed by atoms with Gasteiger partial charge in [0.05, 0.1) is 16.9 Å². The number of rotatable bonds is 2. The lowest BCUT2D eigenvalue weighted by atomic mass is 10.0. The van der Waals surface area contributed by atoms with Crippen molar-refractivity contribution < 1.29 is 5.11 Å². The van der Waals surface area contributed by atoms with Crippen LogP contribution in [0.5, 0.6) is 0 Å². The van der Waals surface area contributed by atoms with Gasteiger partial charge in [-0.1, -0.05) is 29.3 Å². The summed E-state index contributed by atoms with van der Waals surface area (Å²) in [6, 6.07) is 4.93. The van der Waals surface area contributed by atoms with Gasteiger partial charge in [-0.3, -0.25) is 4.68 Å². The number of nitrogens with two attached hydrogens (primary N) is 1. The second-order valence-electron chi connectivity index (χ2n) is 3.68. The maximum atomic E-state index is 10.2. The van der Waals surface area contributed by atoms with Crippen LogP contribution < -0.4 is 5.73 Å². The molecule has 0 fully saturated rings. The number of aromatic nitrogens is 2. The first-order valence-electron chi connectivity index (χ1n) is 4.91. The molecular weight excluding hydrogens is 261 g/mol. The van der Waals surface area contributed by atoms with Gasteiger partial charge in [-0.15, -0.1) is 0 Å². The van der Waals surface area contributed by atoms with Crippen LogP contribution in [0.4, 0.5) is 5.69 Å². The number of nitrogen functional groups attached to an aromatic ring is 1. The monoisotopic (exact) mass is 271 g/mol. The Morgan fingerprint density at radius 3 is 2.65 bits per heavy atom. The van der Waals surface area contributed by atoms with E-state index in [1.165, 1.54) is 10.9 Å². The lowest BCUT2D eigenvalue weighted by Crippen LogP contribution is -2.09. The van der Waals surface area contributed by atoms with Gasteiger partial charge in [0.25, 0.3) is 0 Å². The minimum Gasteiger partial charge on any atom is -0.398 e. The minimum absolute atomic E-state index is 0.398. The molecule has 1 aromatic heterocycles. The second-order valence-corrected chi connectivity index (χ2v) is 4.52. The molecule has 0 aliphatic rings. The summed E-state index contributed by atoms with van der Waals surface area (Å²) in [7, 11) is 1.70. The highest BCUT2D eigenvalue weighted by molar-refractivity contribution is 6.31. The Bertz CT molecular complexity index is 534. The average Bonchev–Trinajstić information content (AvgIpc) is 2.58. The Morgan fingerprint density at radius 2 is 2.12 bits per heavy atom. The molecular formula is C11H11Cl2N3O. The lowest BCUT2D eigenvalue weighted by molar-refractivity contribution is 0.210. The van der Waals surface area contributed by atoms with Gasteiger partial charge < -0.3 is 10.8 Å². The maximum absolute atomic E-state index is 10.2. The van der Waals surface area contributed by atoms with E-state index in [9.17, 15) is 5.11 Å². The Hall–Kier alpha value is -1.23. The van der Waals surface area contributed by atoms with Crippen molar-refractivity contribution in [2.75, 3.05) is 5.73 Å². The van der Waals surface area contributed by atoms with Crippen molar-refractivity contribution in [2.45, 2.75) is 6.10 Å². The van der Waals surface area contributed by atoms with Crippen LogP contribution in [-0.4, -0.2) is 14.9 Å². The van der Waals surface area contributed by atoms with Crippen LogP contribution in [0.1, 0.15) is 17.4 Å². The van der Waals surface area contributed by atoms with Crippen molar-refractivity contribution >= 4 is 28.9 Å². The van der Waals surface area contributed by atoms with Gasteiger partial charge in [0.2, 0.25) is 0 Å². The van der Waals surface area contributed by atoms with E-state index in [1.54, 1.807) is 25.2 Å². The van der Waals surface area contributed by atoms with Crippen LogP contribution in [0.2, 0.25) is 10.0 Å². The van der Waals surface area contributed by atoms with E-state index >= 15 is 0 Å². The molecule has 2 rings (SSSR count). The molecule has 17 heavy (non-hydrogen) atoms. The highest BCUT2D eigenvalue weighted by atomic mass is 35.5. The zero-order valence-electron chi connectivity index (χ0n) is 9.06. The number of halogens is 2. The number of aliphatic hydroxyl groups is 1. The molecule has 0 radical (unpaired) electrons. The van der Waals surface area contributed by atoms with Crippen LogP contribution in [0.25, 0.3) is 0 Å². The Kier molecular flexibility index (Phi) is 3.28. The third-order valence-electron chi connectivity index (χ3n) is 2.54. The molecule has 0 amide bonds. The van der Waals surface area contributed by atoms with Gasteiger partial charge in [-0.25, -0.2) is 0 Å². The largest absolute Gasteiger partial charge is 0.398 e. The Balaban J connectivity index is 2.47. The molecule has 1 heterocycles. The number of aliphatic hydroxyl groups excluding tert-OH is 1. The van der Waals surface area contributed by atoms with Crippen LogP contribution in [0.15, 0.2) is 24.4 Å². The zero-order valence-corrected chi connectivity index (χ0v) is 10.6. The van der Waals surface area contributed by atoms with E-state index in [-0.39, 0.29) is 0 Å². The first-order chi connectivity index (χ1) is 8.00. The molecule has 0 aliphatic heterocycles.